The van der Waals surface area contributed by atoms with Crippen molar-refractivity contribution in [2.75, 3.05) is 0 Å². The number of benzene rings is 1. The van der Waals surface area contributed by atoms with Crippen molar-refractivity contribution in [2.45, 2.75) is 18.5 Å². The number of nitrogens with one attached hydrogen (secondary N) is 2. The Hall–Kier alpha value is -3.42. The number of rotatable bonds is 3. The van der Waals surface area contributed by atoms with Crippen molar-refractivity contribution in [3.63, 3.8) is 0 Å². The maximum absolute atomic E-state index is 13.9. The van der Waals surface area contributed by atoms with E-state index in [4.69, 9.17) is 4.99 Å². The van der Waals surface area contributed by atoms with Crippen LogP contribution in [0.25, 0.3) is 0 Å². The summed E-state index contributed by atoms with van der Waals surface area (Å²) in [5.74, 6) is -1.68. The van der Waals surface area contributed by atoms with Gasteiger partial charge in [0.1, 0.15) is 17.2 Å². The minimum absolute atomic E-state index is 0.289. The number of aromatic nitrogens is 2. The van der Waals surface area contributed by atoms with Crippen molar-refractivity contribution in [1.82, 2.24) is 15.3 Å². The first kappa shape index (κ1) is 18.0. The normalized spacial score (nSPS) is 21.3. The summed E-state index contributed by atoms with van der Waals surface area (Å²) in [6.07, 6.45) is 1.33. The molecule has 142 valence electrons. The highest BCUT2D eigenvalue weighted by atomic mass is 19.1. The predicted octanol–water partition coefficient (Wildman–Crippen LogP) is 2.87. The second-order valence-electron chi connectivity index (χ2n) is 6.52. The van der Waals surface area contributed by atoms with Gasteiger partial charge in [-0.15, -0.1) is 0 Å². The number of H-pyrrole nitrogens is 1. The molecule has 1 aliphatic rings. The van der Waals surface area contributed by atoms with Crippen LogP contribution in [0.1, 0.15) is 23.7 Å². The molecule has 0 unspecified atom stereocenters. The van der Waals surface area contributed by atoms with E-state index in [-0.39, 0.29) is 11.7 Å². The second kappa shape index (κ2) is 6.63. The van der Waals surface area contributed by atoms with E-state index in [1.807, 2.05) is 6.92 Å². The molecule has 1 aromatic carbocycles. The van der Waals surface area contributed by atoms with Gasteiger partial charge in [0, 0.05) is 6.20 Å². The first-order valence-corrected chi connectivity index (χ1v) is 8.54. The average Bonchev–Trinajstić information content (AvgIpc) is 3.03. The lowest BCUT2D eigenvalue weighted by Crippen LogP contribution is -2.41. The Labute approximate surface area is 158 Å². The SMILES string of the molecule is C[C@@H]1NC(c2ccc(F)c(=O)[nH]2)=N[C@@]1(c1ccc(F)cc1)c1ccnc(F)c1. The van der Waals surface area contributed by atoms with Gasteiger partial charge in [-0.2, -0.15) is 4.39 Å². The van der Waals surface area contributed by atoms with Crippen molar-refractivity contribution in [1.29, 1.82) is 0 Å². The van der Waals surface area contributed by atoms with Gasteiger partial charge < -0.3 is 10.3 Å². The van der Waals surface area contributed by atoms with Crippen molar-refractivity contribution < 1.29 is 13.2 Å². The average molecular weight is 384 g/mol. The summed E-state index contributed by atoms with van der Waals surface area (Å²) in [7, 11) is 0. The van der Waals surface area contributed by atoms with E-state index in [1.165, 1.54) is 30.5 Å². The van der Waals surface area contributed by atoms with Gasteiger partial charge in [0.2, 0.25) is 5.95 Å². The molecule has 0 aliphatic carbocycles. The number of halogens is 3. The van der Waals surface area contributed by atoms with Crippen LogP contribution in [-0.2, 0) is 5.54 Å². The first-order valence-electron chi connectivity index (χ1n) is 8.54. The minimum Gasteiger partial charge on any atom is -0.363 e. The molecule has 0 radical (unpaired) electrons. The molecule has 2 aromatic heterocycles. The van der Waals surface area contributed by atoms with Crippen molar-refractivity contribution >= 4 is 5.84 Å². The predicted molar refractivity (Wildman–Crippen MR) is 97.5 cm³/mol. The molecule has 28 heavy (non-hydrogen) atoms. The molecule has 0 bridgehead atoms. The standard InChI is InChI=1S/C20H15F3N4O/c1-11-20(12-2-4-14(21)5-3-12,13-8-9-24-17(23)10-13)27-18(25-11)16-7-6-15(22)19(28)26-16/h2-11H,1H3,(H,25,27)(H,26,28)/t11-,20-/m0/s1. The maximum Gasteiger partial charge on any atom is 0.284 e. The second-order valence-corrected chi connectivity index (χ2v) is 6.52. The van der Waals surface area contributed by atoms with Gasteiger partial charge in [0.25, 0.3) is 5.56 Å². The summed E-state index contributed by atoms with van der Waals surface area (Å²) in [6.45, 7) is 1.83. The zero-order chi connectivity index (χ0) is 19.9. The van der Waals surface area contributed by atoms with E-state index in [9.17, 15) is 18.0 Å². The van der Waals surface area contributed by atoms with Crippen LogP contribution in [0.15, 0.2) is 64.5 Å². The highest BCUT2D eigenvalue weighted by Crippen LogP contribution is 2.40. The summed E-state index contributed by atoms with van der Waals surface area (Å²) in [6, 6.07) is 10.7. The van der Waals surface area contributed by atoms with Gasteiger partial charge in [-0.25, -0.2) is 18.8 Å². The number of aliphatic imine (C=N–C) groups is 1. The van der Waals surface area contributed by atoms with E-state index >= 15 is 0 Å². The smallest absolute Gasteiger partial charge is 0.284 e. The lowest BCUT2D eigenvalue weighted by Gasteiger charge is -2.31. The highest BCUT2D eigenvalue weighted by molar-refractivity contribution is 5.99. The van der Waals surface area contributed by atoms with Gasteiger partial charge in [-0.3, -0.25) is 4.79 Å². The van der Waals surface area contributed by atoms with E-state index in [1.54, 1.807) is 18.2 Å². The Balaban J connectivity index is 1.94. The molecule has 0 fully saturated rings. The molecule has 5 nitrogen and oxygen atoms in total. The van der Waals surface area contributed by atoms with Crippen LogP contribution in [0.4, 0.5) is 13.2 Å². The molecule has 0 amide bonds. The van der Waals surface area contributed by atoms with E-state index in [0.717, 1.165) is 6.07 Å². The number of pyridine rings is 2. The largest absolute Gasteiger partial charge is 0.363 e. The van der Waals surface area contributed by atoms with Gasteiger partial charge in [0.15, 0.2) is 5.82 Å². The maximum atomic E-state index is 13.9. The van der Waals surface area contributed by atoms with Gasteiger partial charge in [-0.05, 0) is 54.4 Å². The quantitative estimate of drug-likeness (QED) is 0.683. The summed E-state index contributed by atoms with van der Waals surface area (Å²) < 4.78 is 40.7. The Kier molecular flexibility index (Phi) is 4.26. The van der Waals surface area contributed by atoms with Crippen molar-refractivity contribution in [3.05, 3.63) is 99.5 Å². The van der Waals surface area contributed by atoms with E-state index < -0.39 is 28.7 Å². The van der Waals surface area contributed by atoms with Crippen LogP contribution < -0.4 is 10.9 Å². The molecule has 4 rings (SSSR count). The number of hydrogen-bond acceptors (Lipinski definition) is 4. The third-order valence-electron chi connectivity index (χ3n) is 4.84. The molecule has 8 heteroatoms. The number of hydrogen-bond donors (Lipinski definition) is 2. The van der Waals surface area contributed by atoms with Gasteiger partial charge in [0.05, 0.1) is 11.7 Å². The van der Waals surface area contributed by atoms with Crippen molar-refractivity contribution in [2.24, 2.45) is 4.99 Å². The Morgan fingerprint density at radius 1 is 1.00 bits per heavy atom. The summed E-state index contributed by atoms with van der Waals surface area (Å²) in [5, 5.41) is 3.16. The van der Waals surface area contributed by atoms with Crippen LogP contribution in [0.3, 0.4) is 0 Å². The van der Waals surface area contributed by atoms with Crippen molar-refractivity contribution in [3.8, 4) is 0 Å². The number of amidine groups is 1. The summed E-state index contributed by atoms with van der Waals surface area (Å²) in [5.41, 5.74) is -0.552. The van der Waals surface area contributed by atoms with Crippen LogP contribution in [0, 0.1) is 17.6 Å². The van der Waals surface area contributed by atoms with Gasteiger partial charge >= 0.3 is 0 Å². The summed E-state index contributed by atoms with van der Waals surface area (Å²) >= 11 is 0. The molecule has 1 aliphatic heterocycles. The molecular weight excluding hydrogens is 369 g/mol. The fraction of sp³-hybridized carbons (Fsp3) is 0.150. The van der Waals surface area contributed by atoms with Crippen LogP contribution in [0.5, 0.6) is 0 Å². The Morgan fingerprint density at radius 3 is 2.43 bits per heavy atom. The topological polar surface area (TPSA) is 70.1 Å². The lowest BCUT2D eigenvalue weighted by molar-refractivity contribution is 0.448. The third-order valence-corrected chi connectivity index (χ3v) is 4.84. The number of nitrogens with zero attached hydrogens (tertiary/aromatic N) is 2. The summed E-state index contributed by atoms with van der Waals surface area (Å²) in [4.78, 5) is 22.4. The Bertz CT molecular complexity index is 1130. The zero-order valence-electron chi connectivity index (χ0n) is 14.7. The molecule has 0 saturated heterocycles. The molecule has 3 aromatic rings. The molecular formula is C20H15F3N4O. The fourth-order valence-corrected chi connectivity index (χ4v) is 3.49. The third kappa shape index (κ3) is 2.87. The fourth-order valence-electron chi connectivity index (χ4n) is 3.49. The molecule has 0 spiro atoms. The minimum atomic E-state index is -1.10. The Morgan fingerprint density at radius 2 is 1.75 bits per heavy atom. The molecule has 3 heterocycles. The van der Waals surface area contributed by atoms with Crippen LogP contribution >= 0.6 is 0 Å². The number of aromatic amines is 1. The van der Waals surface area contributed by atoms with E-state index in [2.05, 4.69) is 15.3 Å². The molecule has 2 N–H and O–H groups in total. The van der Waals surface area contributed by atoms with Crippen LogP contribution in [0.2, 0.25) is 0 Å². The van der Waals surface area contributed by atoms with Crippen LogP contribution in [-0.4, -0.2) is 21.8 Å². The monoisotopic (exact) mass is 384 g/mol. The molecule has 0 saturated carbocycles. The van der Waals surface area contributed by atoms with Gasteiger partial charge in [-0.1, -0.05) is 12.1 Å². The zero-order valence-corrected chi connectivity index (χ0v) is 14.7. The lowest BCUT2D eigenvalue weighted by atomic mass is 9.79. The van der Waals surface area contributed by atoms with E-state index in [0.29, 0.717) is 17.0 Å². The first-order chi connectivity index (χ1) is 13.4. The highest BCUT2D eigenvalue weighted by Gasteiger charge is 2.45. The molecule has 2 atom stereocenters.